The van der Waals surface area contributed by atoms with Crippen molar-refractivity contribution in [1.29, 1.82) is 0 Å². The van der Waals surface area contributed by atoms with Crippen LogP contribution in [0.15, 0.2) is 54.6 Å². The van der Waals surface area contributed by atoms with Crippen LogP contribution in [0.25, 0.3) is 10.8 Å². The van der Waals surface area contributed by atoms with E-state index in [-0.39, 0.29) is 47.1 Å². The van der Waals surface area contributed by atoms with E-state index in [4.69, 9.17) is 4.74 Å². The monoisotopic (exact) mass is 624 g/mol. The van der Waals surface area contributed by atoms with Crippen LogP contribution in [0.5, 0.6) is 11.5 Å². The Bertz CT molecular complexity index is 1540. The Morgan fingerprint density at radius 1 is 0.636 bits per heavy atom. The Morgan fingerprint density at radius 3 is 1.95 bits per heavy atom. The molecule has 236 valence electrons. The van der Waals surface area contributed by atoms with Gasteiger partial charge in [-0.25, -0.2) is 22.0 Å². The van der Waals surface area contributed by atoms with Crippen molar-refractivity contribution < 1.29 is 44.6 Å². The van der Waals surface area contributed by atoms with Crippen molar-refractivity contribution in [3.05, 3.63) is 106 Å². The molecule has 10 heteroatoms. The van der Waals surface area contributed by atoms with Gasteiger partial charge in [0.15, 0.2) is 11.6 Å². The first kappa shape index (κ1) is 33.1. The lowest BCUT2D eigenvalue weighted by atomic mass is 9.97. The summed E-state index contributed by atoms with van der Waals surface area (Å²) in [4.78, 5) is 0. The van der Waals surface area contributed by atoms with Crippen LogP contribution in [0.1, 0.15) is 61.3 Å². The summed E-state index contributed by atoms with van der Waals surface area (Å²) in [6.45, 7) is 2.51. The van der Waals surface area contributed by atoms with Gasteiger partial charge in [-0.05, 0) is 66.3 Å². The summed E-state index contributed by atoms with van der Waals surface area (Å²) in [5.74, 6) is -6.35. The van der Waals surface area contributed by atoms with Gasteiger partial charge >= 0.3 is 6.36 Å². The SMILES string of the molecule is CCCCCCCOc1cc(F)c(CCc2ccc3c(F)c(CCc4cc(F)c(OC(F)(F)F)c(F)c4)ccc3c2)c(F)c1. The molecular formula is C34H32F8O2. The van der Waals surface area contributed by atoms with Gasteiger partial charge in [0.25, 0.3) is 0 Å². The lowest BCUT2D eigenvalue weighted by Crippen LogP contribution is -2.19. The number of hydrogen-bond acceptors (Lipinski definition) is 2. The maximum Gasteiger partial charge on any atom is 0.573 e. The predicted molar refractivity (Wildman–Crippen MR) is 152 cm³/mol. The first-order valence-electron chi connectivity index (χ1n) is 14.5. The maximum atomic E-state index is 15.3. The molecule has 0 spiro atoms. The molecule has 4 rings (SSSR count). The summed E-state index contributed by atoms with van der Waals surface area (Å²) < 4.78 is 119. The Morgan fingerprint density at radius 2 is 1.30 bits per heavy atom. The molecule has 0 amide bonds. The number of hydrogen-bond donors (Lipinski definition) is 0. The highest BCUT2D eigenvalue weighted by atomic mass is 19.4. The third-order valence-corrected chi connectivity index (χ3v) is 7.35. The Labute approximate surface area is 250 Å². The van der Waals surface area contributed by atoms with E-state index < -0.39 is 41.2 Å². The average Bonchev–Trinajstić information content (AvgIpc) is 2.95. The summed E-state index contributed by atoms with van der Waals surface area (Å²) in [5, 5.41) is 0.837. The zero-order chi connectivity index (χ0) is 31.9. The molecule has 0 N–H and O–H groups in total. The molecule has 0 unspecified atom stereocenters. The molecule has 0 fully saturated rings. The average molecular weight is 625 g/mol. The molecule has 0 saturated heterocycles. The number of ether oxygens (including phenoxy) is 2. The van der Waals surface area contributed by atoms with E-state index in [1.807, 2.05) is 0 Å². The Balaban J connectivity index is 1.37. The standard InChI is InChI=1S/C34H32F8O2/c1-2-3-4-5-6-15-43-25-19-28(35)27(29(36)20-25)14-9-21-8-13-26-24(16-21)12-11-23(32(26)39)10-7-22-17-30(37)33(31(38)18-22)44-34(40,41)42/h8,11-13,16-20H,2-7,9-10,14-15H2,1H3. The topological polar surface area (TPSA) is 18.5 Å². The molecule has 0 aliphatic carbocycles. The fraction of sp³-hybridized carbons (Fsp3) is 0.353. The molecule has 0 bridgehead atoms. The highest BCUT2D eigenvalue weighted by molar-refractivity contribution is 5.84. The van der Waals surface area contributed by atoms with Gasteiger partial charge in [0, 0.05) is 23.1 Å². The van der Waals surface area contributed by atoms with Crippen molar-refractivity contribution in [2.45, 2.75) is 71.1 Å². The zero-order valence-corrected chi connectivity index (χ0v) is 24.1. The van der Waals surface area contributed by atoms with E-state index in [0.717, 1.165) is 49.8 Å². The number of halogens is 8. The number of alkyl halides is 3. The van der Waals surface area contributed by atoms with E-state index in [9.17, 15) is 30.7 Å². The lowest BCUT2D eigenvalue weighted by Gasteiger charge is -2.12. The molecule has 0 atom stereocenters. The molecule has 0 aromatic heterocycles. The van der Waals surface area contributed by atoms with Crippen molar-refractivity contribution in [3.8, 4) is 11.5 Å². The highest BCUT2D eigenvalue weighted by Gasteiger charge is 2.34. The summed E-state index contributed by atoms with van der Waals surface area (Å²) in [7, 11) is 0. The van der Waals surface area contributed by atoms with E-state index in [2.05, 4.69) is 11.7 Å². The van der Waals surface area contributed by atoms with Crippen LogP contribution in [0.3, 0.4) is 0 Å². The van der Waals surface area contributed by atoms with Crippen LogP contribution >= 0.6 is 0 Å². The number of unbranched alkanes of at least 4 members (excludes halogenated alkanes) is 4. The second-order valence-corrected chi connectivity index (χ2v) is 10.7. The zero-order valence-electron chi connectivity index (χ0n) is 24.1. The third-order valence-electron chi connectivity index (χ3n) is 7.35. The molecule has 2 nitrogen and oxygen atoms in total. The lowest BCUT2D eigenvalue weighted by molar-refractivity contribution is -0.276. The van der Waals surface area contributed by atoms with Gasteiger partial charge in [-0.1, -0.05) is 62.9 Å². The summed E-state index contributed by atoms with van der Waals surface area (Å²) in [5.41, 5.74) is 0.954. The normalized spacial score (nSPS) is 11.8. The second-order valence-electron chi connectivity index (χ2n) is 10.7. The highest BCUT2D eigenvalue weighted by Crippen LogP contribution is 2.31. The van der Waals surface area contributed by atoms with Gasteiger partial charge in [-0.15, -0.1) is 13.2 Å². The Hall–Kier alpha value is -3.82. The fourth-order valence-electron chi connectivity index (χ4n) is 5.05. The van der Waals surface area contributed by atoms with Gasteiger partial charge in [-0.2, -0.15) is 0 Å². The van der Waals surface area contributed by atoms with Gasteiger partial charge in [0.1, 0.15) is 23.2 Å². The maximum absolute atomic E-state index is 15.3. The van der Waals surface area contributed by atoms with Crippen molar-refractivity contribution in [3.63, 3.8) is 0 Å². The number of aryl methyl sites for hydroxylation is 3. The van der Waals surface area contributed by atoms with E-state index in [1.165, 1.54) is 18.2 Å². The van der Waals surface area contributed by atoms with E-state index in [1.54, 1.807) is 24.3 Å². The molecule has 4 aromatic rings. The number of rotatable bonds is 14. The van der Waals surface area contributed by atoms with Gasteiger partial charge in [-0.3, -0.25) is 0 Å². The predicted octanol–water partition coefficient (Wildman–Crippen LogP) is 10.4. The molecular weight excluding hydrogens is 592 g/mol. The summed E-state index contributed by atoms with van der Waals surface area (Å²) in [6, 6.07) is 11.9. The third kappa shape index (κ3) is 8.86. The first-order valence-corrected chi connectivity index (χ1v) is 14.5. The molecule has 0 aliphatic heterocycles. The fourth-order valence-corrected chi connectivity index (χ4v) is 5.05. The van der Waals surface area contributed by atoms with Crippen molar-refractivity contribution in [2.24, 2.45) is 0 Å². The van der Waals surface area contributed by atoms with Crippen LogP contribution in [-0.2, 0) is 25.7 Å². The number of fused-ring (bicyclic) bond motifs is 1. The second kappa shape index (κ2) is 14.8. The van der Waals surface area contributed by atoms with Crippen LogP contribution in [0, 0.1) is 29.1 Å². The van der Waals surface area contributed by atoms with Gasteiger partial charge in [0.05, 0.1) is 6.61 Å². The number of benzene rings is 4. The molecule has 0 radical (unpaired) electrons. The van der Waals surface area contributed by atoms with Crippen LogP contribution in [0.4, 0.5) is 35.1 Å². The quantitative estimate of drug-likeness (QED) is 0.103. The van der Waals surface area contributed by atoms with Gasteiger partial charge in [0.2, 0.25) is 5.75 Å². The van der Waals surface area contributed by atoms with Crippen molar-refractivity contribution >= 4 is 10.8 Å². The summed E-state index contributed by atoms with van der Waals surface area (Å²) in [6.07, 6.45) is 0.295. The molecule has 0 saturated carbocycles. The van der Waals surface area contributed by atoms with Crippen LogP contribution in [0.2, 0.25) is 0 Å². The molecule has 0 aliphatic rings. The van der Waals surface area contributed by atoms with Crippen molar-refractivity contribution in [1.82, 2.24) is 0 Å². The van der Waals surface area contributed by atoms with Crippen LogP contribution in [-0.4, -0.2) is 13.0 Å². The van der Waals surface area contributed by atoms with Crippen LogP contribution < -0.4 is 9.47 Å². The van der Waals surface area contributed by atoms with E-state index >= 15 is 4.39 Å². The Kier molecular flexibility index (Phi) is 11.1. The van der Waals surface area contributed by atoms with E-state index in [0.29, 0.717) is 18.4 Å². The van der Waals surface area contributed by atoms with Gasteiger partial charge < -0.3 is 9.47 Å². The van der Waals surface area contributed by atoms with Crippen molar-refractivity contribution in [2.75, 3.05) is 6.61 Å². The first-order chi connectivity index (χ1) is 20.9. The molecule has 44 heavy (non-hydrogen) atoms. The minimum Gasteiger partial charge on any atom is -0.493 e. The molecule has 0 heterocycles. The smallest absolute Gasteiger partial charge is 0.493 e. The molecule has 4 aromatic carbocycles. The summed E-state index contributed by atoms with van der Waals surface area (Å²) >= 11 is 0. The largest absolute Gasteiger partial charge is 0.573 e. The minimum absolute atomic E-state index is 0.0268. The minimum atomic E-state index is -5.25.